The van der Waals surface area contributed by atoms with Crippen LogP contribution in [-0.2, 0) is 14.4 Å². The van der Waals surface area contributed by atoms with Gasteiger partial charge in [-0.05, 0) is 49.1 Å². The van der Waals surface area contributed by atoms with E-state index in [1.165, 1.54) is 4.90 Å². The van der Waals surface area contributed by atoms with Crippen molar-refractivity contribution >= 4 is 63.0 Å². The largest absolute Gasteiger partial charge is 0.325 e. The van der Waals surface area contributed by atoms with Crippen LogP contribution in [0.4, 0.5) is 11.4 Å². The van der Waals surface area contributed by atoms with E-state index < -0.39 is 0 Å². The third-order valence-electron chi connectivity index (χ3n) is 5.64. The van der Waals surface area contributed by atoms with E-state index in [1.807, 2.05) is 58.0 Å². The number of carbonyl (C=O) groups is 3. The highest BCUT2D eigenvalue weighted by Gasteiger charge is 2.42. The summed E-state index contributed by atoms with van der Waals surface area (Å²) in [5.41, 5.74) is 4.46. The zero-order valence-electron chi connectivity index (χ0n) is 19.0. The van der Waals surface area contributed by atoms with E-state index in [-0.39, 0.29) is 30.2 Å². The van der Waals surface area contributed by atoms with Gasteiger partial charge >= 0.3 is 0 Å². The van der Waals surface area contributed by atoms with E-state index >= 15 is 0 Å². The first-order valence-electron chi connectivity index (χ1n) is 10.7. The Kier molecular flexibility index (Phi) is 6.41. The minimum Gasteiger partial charge on any atom is -0.325 e. The molecule has 1 N–H and O–H groups in total. The number of fused-ring (bicyclic) bond motifs is 1. The summed E-state index contributed by atoms with van der Waals surface area (Å²) in [5.74, 6) is -0.682. The summed E-state index contributed by atoms with van der Waals surface area (Å²) in [7, 11) is 0. The van der Waals surface area contributed by atoms with Crippen LogP contribution >= 0.6 is 24.0 Å². The van der Waals surface area contributed by atoms with Crippen molar-refractivity contribution < 1.29 is 14.4 Å². The number of rotatable bonds is 5. The molecule has 3 amide bonds. The van der Waals surface area contributed by atoms with Crippen molar-refractivity contribution in [2.75, 3.05) is 23.3 Å². The van der Waals surface area contributed by atoms with Crippen LogP contribution in [0.15, 0.2) is 47.4 Å². The maximum atomic E-state index is 13.5. The fourth-order valence-corrected chi connectivity index (χ4v) is 5.24. The summed E-state index contributed by atoms with van der Waals surface area (Å²) in [6.07, 6.45) is 0. The molecular formula is C25H25N3O3S2. The Morgan fingerprint density at radius 3 is 2.45 bits per heavy atom. The summed E-state index contributed by atoms with van der Waals surface area (Å²) in [5, 5.41) is 2.87. The van der Waals surface area contributed by atoms with Crippen LogP contribution in [0.2, 0.25) is 0 Å². The third-order valence-corrected chi connectivity index (χ3v) is 7.09. The highest BCUT2D eigenvalue weighted by atomic mass is 32.2. The topological polar surface area (TPSA) is 69.7 Å². The molecular weight excluding hydrogens is 454 g/mol. The predicted molar refractivity (Wildman–Crippen MR) is 137 cm³/mol. The van der Waals surface area contributed by atoms with Gasteiger partial charge in [-0.2, -0.15) is 0 Å². The Morgan fingerprint density at radius 1 is 1.03 bits per heavy atom. The summed E-state index contributed by atoms with van der Waals surface area (Å²) in [6.45, 7) is 8.35. The lowest BCUT2D eigenvalue weighted by Gasteiger charge is -2.17. The number of amides is 3. The molecule has 2 aromatic rings. The van der Waals surface area contributed by atoms with E-state index in [0.717, 1.165) is 22.9 Å². The molecule has 0 aliphatic carbocycles. The number of hydrogen-bond acceptors (Lipinski definition) is 5. The fourth-order valence-electron chi connectivity index (χ4n) is 3.89. The summed E-state index contributed by atoms with van der Waals surface area (Å²) < 4.78 is 0.451. The smallest absolute Gasteiger partial charge is 0.267 e. The predicted octanol–water partition coefficient (Wildman–Crippen LogP) is 4.52. The number of aryl methyl sites for hydroxylation is 2. The Hall–Kier alpha value is -2.97. The van der Waals surface area contributed by atoms with Crippen LogP contribution in [0.3, 0.4) is 0 Å². The molecule has 0 saturated carbocycles. The summed E-state index contributed by atoms with van der Waals surface area (Å²) in [4.78, 5) is 42.7. The van der Waals surface area contributed by atoms with Crippen molar-refractivity contribution in [2.45, 2.75) is 27.7 Å². The number of carbonyl (C=O) groups excluding carboxylic acids is 3. The standard InChI is InChI=1S/C25H25N3O3S2/c1-14(2)12-28-24(31)22(33-25(28)32)21-18-7-5-6-8-19(18)27(23(21)30)13-20(29)26-17-10-9-15(3)16(4)11-17/h5-11,14H,12-13H2,1-4H3,(H,26,29). The van der Waals surface area contributed by atoms with Crippen LogP contribution in [0, 0.1) is 19.8 Å². The lowest BCUT2D eigenvalue weighted by molar-refractivity contribution is -0.122. The molecule has 1 fully saturated rings. The molecule has 8 heteroatoms. The van der Waals surface area contributed by atoms with E-state index in [2.05, 4.69) is 5.32 Å². The Morgan fingerprint density at radius 2 is 1.76 bits per heavy atom. The van der Waals surface area contributed by atoms with Crippen LogP contribution in [-0.4, -0.2) is 40.0 Å². The molecule has 2 aromatic carbocycles. The molecule has 6 nitrogen and oxygen atoms in total. The van der Waals surface area contributed by atoms with E-state index in [9.17, 15) is 14.4 Å². The summed E-state index contributed by atoms with van der Waals surface area (Å²) >= 11 is 6.58. The number of anilines is 2. The monoisotopic (exact) mass is 479 g/mol. The molecule has 0 bridgehead atoms. The van der Waals surface area contributed by atoms with Gasteiger partial charge in [0.1, 0.15) is 10.9 Å². The number of thioether (sulfide) groups is 1. The van der Waals surface area contributed by atoms with Crippen molar-refractivity contribution in [3.63, 3.8) is 0 Å². The molecule has 1 saturated heterocycles. The van der Waals surface area contributed by atoms with Gasteiger partial charge in [0.15, 0.2) is 0 Å². The van der Waals surface area contributed by atoms with Crippen LogP contribution in [0.5, 0.6) is 0 Å². The van der Waals surface area contributed by atoms with Crippen LogP contribution in [0.25, 0.3) is 5.57 Å². The SMILES string of the molecule is Cc1ccc(NC(=O)CN2C(=O)C(=C3SC(=S)N(CC(C)C)C3=O)c3ccccc32)cc1C. The number of thiocarbonyl (C=S) groups is 1. The number of nitrogens with zero attached hydrogens (tertiary/aromatic N) is 2. The molecule has 170 valence electrons. The summed E-state index contributed by atoms with van der Waals surface area (Å²) in [6, 6.07) is 12.9. The maximum Gasteiger partial charge on any atom is 0.267 e. The first-order valence-corrected chi connectivity index (χ1v) is 12.0. The molecule has 0 radical (unpaired) electrons. The zero-order chi connectivity index (χ0) is 23.9. The van der Waals surface area contributed by atoms with Gasteiger partial charge in [0, 0.05) is 17.8 Å². The van der Waals surface area contributed by atoms with Gasteiger partial charge in [-0.25, -0.2) is 0 Å². The quantitative estimate of drug-likeness (QED) is 0.505. The fraction of sp³-hybridized carbons (Fsp3) is 0.280. The molecule has 2 heterocycles. The van der Waals surface area contributed by atoms with Gasteiger partial charge in [-0.15, -0.1) is 0 Å². The number of para-hydroxylation sites is 1. The second-order valence-electron chi connectivity index (χ2n) is 8.64. The lowest BCUT2D eigenvalue weighted by atomic mass is 10.1. The van der Waals surface area contributed by atoms with Crippen molar-refractivity contribution in [2.24, 2.45) is 5.92 Å². The molecule has 2 aliphatic heterocycles. The molecule has 0 atom stereocenters. The van der Waals surface area contributed by atoms with Gasteiger partial charge in [-0.3, -0.25) is 24.2 Å². The van der Waals surface area contributed by atoms with Crippen molar-refractivity contribution in [3.8, 4) is 0 Å². The van der Waals surface area contributed by atoms with Gasteiger partial charge in [0.25, 0.3) is 11.8 Å². The molecule has 0 aromatic heterocycles. The first-order chi connectivity index (χ1) is 15.7. The normalized spacial score (nSPS) is 17.9. The van der Waals surface area contributed by atoms with Gasteiger partial charge < -0.3 is 5.32 Å². The molecule has 0 unspecified atom stereocenters. The van der Waals surface area contributed by atoms with Crippen molar-refractivity contribution in [1.82, 2.24) is 4.90 Å². The minimum absolute atomic E-state index is 0.154. The average Bonchev–Trinajstić information content (AvgIpc) is 3.18. The highest BCUT2D eigenvalue weighted by molar-refractivity contribution is 8.26. The Balaban J connectivity index is 1.63. The Labute approximate surface area is 203 Å². The first kappa shape index (κ1) is 23.2. The average molecular weight is 480 g/mol. The molecule has 33 heavy (non-hydrogen) atoms. The van der Waals surface area contributed by atoms with Crippen molar-refractivity contribution in [1.29, 1.82) is 0 Å². The van der Waals surface area contributed by atoms with Crippen LogP contribution in [0.1, 0.15) is 30.5 Å². The highest BCUT2D eigenvalue weighted by Crippen LogP contribution is 2.44. The second kappa shape index (κ2) is 9.11. The zero-order valence-corrected chi connectivity index (χ0v) is 20.6. The van der Waals surface area contributed by atoms with Gasteiger partial charge in [-0.1, -0.05) is 62.1 Å². The number of benzene rings is 2. The molecule has 0 spiro atoms. The number of hydrogen-bond donors (Lipinski definition) is 1. The van der Waals surface area contributed by atoms with Gasteiger partial charge in [0.05, 0.1) is 16.2 Å². The molecule has 2 aliphatic rings. The van der Waals surface area contributed by atoms with E-state index in [0.29, 0.717) is 38.3 Å². The number of nitrogens with one attached hydrogen (secondary N) is 1. The van der Waals surface area contributed by atoms with Crippen LogP contribution < -0.4 is 10.2 Å². The second-order valence-corrected chi connectivity index (χ2v) is 10.3. The minimum atomic E-state index is -0.364. The lowest BCUT2D eigenvalue weighted by Crippen LogP contribution is -2.36. The molecule has 4 rings (SSSR count). The van der Waals surface area contributed by atoms with E-state index in [4.69, 9.17) is 12.2 Å². The Bertz CT molecular complexity index is 1220. The maximum absolute atomic E-state index is 13.5. The third kappa shape index (κ3) is 4.45. The van der Waals surface area contributed by atoms with Gasteiger partial charge in [0.2, 0.25) is 5.91 Å². The van der Waals surface area contributed by atoms with E-state index in [1.54, 1.807) is 17.0 Å². The van der Waals surface area contributed by atoms with Crippen molar-refractivity contribution in [3.05, 3.63) is 64.1 Å².